The Morgan fingerprint density at radius 3 is 2.81 bits per heavy atom. The summed E-state index contributed by atoms with van der Waals surface area (Å²) in [4.78, 5) is 1.58. The molecule has 1 heterocycles. The molecule has 2 heteroatoms. The predicted molar refractivity (Wildman–Crippen MR) is 92.7 cm³/mol. The largest absolute Gasteiger partial charge is 0.309 e. The number of nitrogens with one attached hydrogen (secondary N) is 1. The zero-order valence-electron chi connectivity index (χ0n) is 14.1. The molecule has 0 aromatic carbocycles. The van der Waals surface area contributed by atoms with Gasteiger partial charge in [0.1, 0.15) is 0 Å². The SMILES string of the molecule is CCCCc1ccsc1CN[C@@H]1C[C@H]2C[C@@H]([C@H]1C)C2(C)C. The second-order valence-electron chi connectivity index (χ2n) is 7.92. The van der Waals surface area contributed by atoms with Crippen LogP contribution in [0.15, 0.2) is 11.4 Å². The van der Waals surface area contributed by atoms with E-state index in [-0.39, 0.29) is 0 Å². The third-order valence-electron chi connectivity index (χ3n) is 6.52. The maximum atomic E-state index is 3.90. The summed E-state index contributed by atoms with van der Waals surface area (Å²) in [7, 11) is 0. The maximum Gasteiger partial charge on any atom is 0.0305 e. The fraction of sp³-hybridized carbons (Fsp3) is 0.789. The molecule has 0 aliphatic heterocycles. The van der Waals surface area contributed by atoms with Crippen molar-refractivity contribution < 1.29 is 0 Å². The molecular weight excluding hydrogens is 274 g/mol. The molecule has 0 saturated heterocycles. The fourth-order valence-electron chi connectivity index (χ4n) is 4.76. The Hall–Kier alpha value is -0.340. The van der Waals surface area contributed by atoms with Crippen molar-refractivity contribution in [1.82, 2.24) is 5.32 Å². The second kappa shape index (κ2) is 6.04. The Morgan fingerprint density at radius 1 is 1.33 bits per heavy atom. The van der Waals surface area contributed by atoms with Crippen LogP contribution in [0.5, 0.6) is 0 Å². The molecule has 1 aromatic rings. The summed E-state index contributed by atoms with van der Waals surface area (Å²) in [5, 5.41) is 6.17. The number of rotatable bonds is 6. The van der Waals surface area contributed by atoms with Gasteiger partial charge >= 0.3 is 0 Å². The van der Waals surface area contributed by atoms with E-state index >= 15 is 0 Å². The normalized spacial score (nSPS) is 33.7. The smallest absolute Gasteiger partial charge is 0.0305 e. The standard InChI is InChI=1S/C19H31NS/c1-5-6-7-14-8-9-21-18(14)12-20-17-11-15-10-16(13(17)2)19(15,3)4/h8-9,13,15-17,20H,5-7,10-12H2,1-4H3/t13-,15-,16+,17-/m1/s1. The van der Waals surface area contributed by atoms with Crippen LogP contribution >= 0.6 is 11.3 Å². The van der Waals surface area contributed by atoms with Crippen molar-refractivity contribution in [3.63, 3.8) is 0 Å². The predicted octanol–water partition coefficient (Wildman–Crippen LogP) is 5.25. The Morgan fingerprint density at radius 2 is 2.14 bits per heavy atom. The number of hydrogen-bond donors (Lipinski definition) is 1. The minimum atomic E-state index is 0.604. The van der Waals surface area contributed by atoms with Crippen molar-refractivity contribution >= 4 is 11.3 Å². The molecule has 4 rings (SSSR count). The number of aryl methyl sites for hydroxylation is 1. The number of unbranched alkanes of at least 4 members (excludes halogenated alkanes) is 1. The first-order valence-electron chi connectivity index (χ1n) is 8.82. The number of hydrogen-bond acceptors (Lipinski definition) is 2. The van der Waals surface area contributed by atoms with Gasteiger partial charge in [-0.05, 0) is 65.9 Å². The Labute approximate surface area is 134 Å². The van der Waals surface area contributed by atoms with E-state index in [1.165, 1.54) is 32.1 Å². The first kappa shape index (κ1) is 15.6. The van der Waals surface area contributed by atoms with Crippen LogP contribution in [-0.2, 0) is 13.0 Å². The third kappa shape index (κ3) is 2.82. The fourth-order valence-corrected chi connectivity index (χ4v) is 5.64. The summed E-state index contributed by atoms with van der Waals surface area (Å²) in [5.41, 5.74) is 2.19. The molecule has 2 bridgehead atoms. The van der Waals surface area contributed by atoms with Gasteiger partial charge in [-0.2, -0.15) is 0 Å². The summed E-state index contributed by atoms with van der Waals surface area (Å²) in [6.45, 7) is 10.8. The number of fused-ring (bicyclic) bond motifs is 2. The van der Waals surface area contributed by atoms with Gasteiger partial charge < -0.3 is 5.32 Å². The van der Waals surface area contributed by atoms with Crippen molar-refractivity contribution in [2.75, 3.05) is 0 Å². The van der Waals surface area contributed by atoms with E-state index in [1.807, 2.05) is 11.3 Å². The highest BCUT2D eigenvalue weighted by atomic mass is 32.1. The van der Waals surface area contributed by atoms with Crippen LogP contribution in [0.2, 0.25) is 0 Å². The van der Waals surface area contributed by atoms with Crippen molar-refractivity contribution in [2.45, 2.75) is 72.4 Å². The molecule has 0 radical (unpaired) electrons. The zero-order chi connectivity index (χ0) is 15.0. The first-order valence-corrected chi connectivity index (χ1v) is 9.70. The monoisotopic (exact) mass is 305 g/mol. The second-order valence-corrected chi connectivity index (χ2v) is 8.92. The van der Waals surface area contributed by atoms with Crippen LogP contribution in [0.3, 0.4) is 0 Å². The lowest BCUT2D eigenvalue weighted by atomic mass is 9.45. The lowest BCUT2D eigenvalue weighted by Crippen LogP contribution is -2.59. The van der Waals surface area contributed by atoms with Crippen LogP contribution in [-0.4, -0.2) is 6.04 Å². The molecule has 3 saturated carbocycles. The van der Waals surface area contributed by atoms with E-state index in [0.717, 1.165) is 30.3 Å². The van der Waals surface area contributed by atoms with Crippen molar-refractivity contribution in [3.05, 3.63) is 21.9 Å². The highest BCUT2D eigenvalue weighted by Gasteiger charge is 2.55. The van der Waals surface area contributed by atoms with Crippen LogP contribution in [0.25, 0.3) is 0 Å². The summed E-state index contributed by atoms with van der Waals surface area (Å²) < 4.78 is 0. The van der Waals surface area contributed by atoms with Gasteiger partial charge in [0.05, 0.1) is 0 Å². The molecule has 0 amide bonds. The van der Waals surface area contributed by atoms with Crippen LogP contribution < -0.4 is 5.32 Å². The first-order chi connectivity index (χ1) is 10.0. The molecule has 3 aliphatic carbocycles. The van der Waals surface area contributed by atoms with Gasteiger partial charge in [0, 0.05) is 17.5 Å². The topological polar surface area (TPSA) is 12.0 Å². The van der Waals surface area contributed by atoms with E-state index in [1.54, 1.807) is 10.4 Å². The minimum Gasteiger partial charge on any atom is -0.309 e. The average molecular weight is 306 g/mol. The molecule has 0 unspecified atom stereocenters. The quantitative estimate of drug-likeness (QED) is 0.757. The van der Waals surface area contributed by atoms with Gasteiger partial charge in [0.15, 0.2) is 0 Å². The average Bonchev–Trinajstić information content (AvgIpc) is 2.90. The summed E-state index contributed by atoms with van der Waals surface area (Å²) in [6, 6.07) is 3.07. The third-order valence-corrected chi connectivity index (χ3v) is 7.48. The zero-order valence-corrected chi connectivity index (χ0v) is 14.9. The Balaban J connectivity index is 1.56. The summed E-state index contributed by atoms with van der Waals surface area (Å²) in [5.74, 6) is 2.74. The maximum absolute atomic E-state index is 3.90. The van der Waals surface area contributed by atoms with E-state index in [2.05, 4.69) is 44.5 Å². The molecule has 1 N–H and O–H groups in total. The van der Waals surface area contributed by atoms with Gasteiger partial charge in [-0.25, -0.2) is 0 Å². The van der Waals surface area contributed by atoms with E-state index in [4.69, 9.17) is 0 Å². The van der Waals surface area contributed by atoms with Crippen LogP contribution in [0, 0.1) is 23.2 Å². The summed E-state index contributed by atoms with van der Waals surface area (Å²) in [6.07, 6.45) is 6.74. The van der Waals surface area contributed by atoms with Gasteiger partial charge in [-0.15, -0.1) is 11.3 Å². The molecule has 21 heavy (non-hydrogen) atoms. The molecular formula is C19H31NS. The molecule has 1 nitrogen and oxygen atoms in total. The van der Waals surface area contributed by atoms with Crippen molar-refractivity contribution in [1.29, 1.82) is 0 Å². The van der Waals surface area contributed by atoms with Crippen LogP contribution in [0.1, 0.15) is 63.8 Å². The van der Waals surface area contributed by atoms with Gasteiger partial charge in [-0.1, -0.05) is 34.1 Å². The molecule has 3 fully saturated rings. The molecule has 3 aliphatic rings. The van der Waals surface area contributed by atoms with E-state index in [9.17, 15) is 0 Å². The summed E-state index contributed by atoms with van der Waals surface area (Å²) >= 11 is 1.94. The Bertz CT molecular complexity index is 476. The highest BCUT2D eigenvalue weighted by Crippen LogP contribution is 2.61. The highest BCUT2D eigenvalue weighted by molar-refractivity contribution is 7.10. The van der Waals surface area contributed by atoms with Gasteiger partial charge in [0.2, 0.25) is 0 Å². The van der Waals surface area contributed by atoms with E-state index < -0.39 is 0 Å². The minimum absolute atomic E-state index is 0.604. The molecule has 0 spiro atoms. The lowest BCUT2D eigenvalue weighted by molar-refractivity contribution is -0.115. The lowest BCUT2D eigenvalue weighted by Gasteiger charge is -2.62. The van der Waals surface area contributed by atoms with Crippen molar-refractivity contribution in [3.8, 4) is 0 Å². The van der Waals surface area contributed by atoms with Crippen molar-refractivity contribution in [2.24, 2.45) is 23.2 Å². The van der Waals surface area contributed by atoms with Gasteiger partial charge in [-0.3, -0.25) is 0 Å². The Kier molecular flexibility index (Phi) is 4.47. The van der Waals surface area contributed by atoms with Crippen LogP contribution in [0.4, 0.5) is 0 Å². The number of thiophene rings is 1. The molecule has 4 atom stereocenters. The van der Waals surface area contributed by atoms with Gasteiger partial charge in [0.25, 0.3) is 0 Å². The molecule has 118 valence electrons. The molecule has 1 aromatic heterocycles. The van der Waals surface area contributed by atoms with E-state index in [0.29, 0.717) is 5.41 Å².